The van der Waals surface area contributed by atoms with E-state index in [1.54, 1.807) is 24.7 Å². The van der Waals surface area contributed by atoms with E-state index in [1.807, 2.05) is 35.9 Å². The number of nitrogens with two attached hydrogens (primary N) is 1. The number of nitrogens with one attached hydrogen (secondary N) is 2. The molecule has 0 amide bonds. The van der Waals surface area contributed by atoms with Gasteiger partial charge in [-0.2, -0.15) is 0 Å². The molecular formula is C20H22N8O2S. The second-order valence-electron chi connectivity index (χ2n) is 6.85. The SMILES string of the molecule is COc1ncc(-c2cnc(N)c(NC(C)c3ccc4nccn4c3)n2)cc1N[S+](C)[O-]. The summed E-state index contributed by atoms with van der Waals surface area (Å²) in [6.45, 7) is 2.01. The molecule has 0 radical (unpaired) electrons. The van der Waals surface area contributed by atoms with Crippen molar-refractivity contribution in [2.24, 2.45) is 0 Å². The van der Waals surface area contributed by atoms with Crippen molar-refractivity contribution in [1.29, 1.82) is 0 Å². The van der Waals surface area contributed by atoms with Gasteiger partial charge in [0.1, 0.15) is 17.6 Å². The van der Waals surface area contributed by atoms with Crippen LogP contribution in [0.15, 0.2) is 49.2 Å². The molecule has 0 fully saturated rings. The van der Waals surface area contributed by atoms with Gasteiger partial charge in [-0.3, -0.25) is 0 Å². The van der Waals surface area contributed by atoms with Gasteiger partial charge in [-0.15, -0.1) is 0 Å². The van der Waals surface area contributed by atoms with Crippen molar-refractivity contribution in [3.8, 4) is 17.1 Å². The number of nitrogen functional groups attached to an aromatic ring is 1. The lowest BCUT2D eigenvalue weighted by Crippen LogP contribution is -2.12. The molecular weight excluding hydrogens is 416 g/mol. The Bertz CT molecular complexity index is 1210. The maximum absolute atomic E-state index is 11.6. The second-order valence-corrected chi connectivity index (χ2v) is 7.96. The highest BCUT2D eigenvalue weighted by Crippen LogP contribution is 2.30. The van der Waals surface area contributed by atoms with E-state index >= 15 is 0 Å². The molecule has 0 aliphatic heterocycles. The number of imidazole rings is 1. The third kappa shape index (κ3) is 4.47. The molecule has 2 unspecified atom stereocenters. The van der Waals surface area contributed by atoms with Crippen LogP contribution in [0, 0.1) is 0 Å². The van der Waals surface area contributed by atoms with E-state index in [4.69, 9.17) is 10.5 Å². The zero-order chi connectivity index (χ0) is 22.0. The van der Waals surface area contributed by atoms with Gasteiger partial charge in [-0.1, -0.05) is 6.07 Å². The molecule has 0 saturated carbocycles. The first-order valence-corrected chi connectivity index (χ1v) is 11.0. The first kappa shape index (κ1) is 20.7. The summed E-state index contributed by atoms with van der Waals surface area (Å²) in [5.74, 6) is 1.08. The van der Waals surface area contributed by atoms with Crippen LogP contribution in [-0.2, 0) is 11.4 Å². The Morgan fingerprint density at radius 3 is 2.84 bits per heavy atom. The van der Waals surface area contributed by atoms with Crippen LogP contribution in [0.1, 0.15) is 18.5 Å². The van der Waals surface area contributed by atoms with Crippen molar-refractivity contribution in [3.05, 3.63) is 54.7 Å². The molecule has 4 N–H and O–H groups in total. The molecule has 0 spiro atoms. The maximum Gasteiger partial charge on any atom is 0.241 e. The quantitative estimate of drug-likeness (QED) is 0.372. The van der Waals surface area contributed by atoms with E-state index in [1.165, 1.54) is 13.4 Å². The first-order valence-electron chi connectivity index (χ1n) is 9.40. The van der Waals surface area contributed by atoms with Crippen molar-refractivity contribution in [2.75, 3.05) is 29.1 Å². The van der Waals surface area contributed by atoms with Crippen molar-refractivity contribution in [1.82, 2.24) is 24.3 Å². The Hall–Kier alpha value is -3.57. The first-order chi connectivity index (χ1) is 14.9. The summed E-state index contributed by atoms with van der Waals surface area (Å²) in [5, 5.41) is 3.32. The summed E-state index contributed by atoms with van der Waals surface area (Å²) in [6.07, 6.45) is 10.4. The monoisotopic (exact) mass is 438 g/mol. The molecule has 10 nitrogen and oxygen atoms in total. The van der Waals surface area contributed by atoms with Crippen LogP contribution in [0.5, 0.6) is 5.88 Å². The van der Waals surface area contributed by atoms with Gasteiger partial charge < -0.3 is 24.7 Å². The van der Waals surface area contributed by atoms with Gasteiger partial charge in [0.25, 0.3) is 0 Å². The Balaban J connectivity index is 1.62. The Kier molecular flexibility index (Phi) is 5.78. The number of ether oxygens (including phenoxy) is 1. The molecule has 31 heavy (non-hydrogen) atoms. The molecule has 11 heteroatoms. The van der Waals surface area contributed by atoms with Crippen molar-refractivity contribution in [2.45, 2.75) is 13.0 Å². The predicted octanol–water partition coefficient (Wildman–Crippen LogP) is 2.66. The lowest BCUT2D eigenvalue weighted by atomic mass is 10.1. The number of pyridine rings is 2. The number of aromatic nitrogens is 5. The third-order valence-electron chi connectivity index (χ3n) is 4.66. The summed E-state index contributed by atoms with van der Waals surface area (Å²) in [5.41, 5.74) is 9.73. The summed E-state index contributed by atoms with van der Waals surface area (Å²) < 4.78 is 21.6. The van der Waals surface area contributed by atoms with E-state index in [0.717, 1.165) is 11.2 Å². The van der Waals surface area contributed by atoms with Crippen molar-refractivity contribution >= 4 is 34.3 Å². The molecule has 0 saturated heterocycles. The van der Waals surface area contributed by atoms with Gasteiger partial charge in [0.2, 0.25) is 5.88 Å². The Labute approximate surface area is 182 Å². The molecule has 0 aromatic carbocycles. The predicted molar refractivity (Wildman–Crippen MR) is 121 cm³/mol. The summed E-state index contributed by atoms with van der Waals surface area (Å²) >= 11 is -1.28. The lowest BCUT2D eigenvalue weighted by molar-refractivity contribution is 0.400. The number of anilines is 3. The number of methoxy groups -OCH3 is 1. The molecule has 4 rings (SSSR count). The minimum atomic E-state index is -1.28. The summed E-state index contributed by atoms with van der Waals surface area (Å²) in [7, 11) is 1.50. The van der Waals surface area contributed by atoms with E-state index < -0.39 is 11.4 Å². The fourth-order valence-corrected chi connectivity index (χ4v) is 3.56. The Morgan fingerprint density at radius 2 is 2.06 bits per heavy atom. The molecule has 0 bridgehead atoms. The highest BCUT2D eigenvalue weighted by molar-refractivity contribution is 7.92. The van der Waals surface area contributed by atoms with Crippen LogP contribution in [0.25, 0.3) is 16.9 Å². The normalized spacial score (nSPS) is 13.0. The Morgan fingerprint density at radius 1 is 1.23 bits per heavy atom. The van der Waals surface area contributed by atoms with E-state index in [0.29, 0.717) is 28.6 Å². The van der Waals surface area contributed by atoms with Crippen molar-refractivity contribution in [3.63, 3.8) is 0 Å². The zero-order valence-electron chi connectivity index (χ0n) is 17.2. The average Bonchev–Trinajstić information content (AvgIpc) is 3.22. The molecule has 0 aliphatic carbocycles. The van der Waals surface area contributed by atoms with Gasteiger partial charge >= 0.3 is 0 Å². The zero-order valence-corrected chi connectivity index (χ0v) is 18.1. The molecule has 160 valence electrons. The van der Waals surface area contributed by atoms with Gasteiger partial charge in [0.05, 0.1) is 36.4 Å². The average molecular weight is 439 g/mol. The summed E-state index contributed by atoms with van der Waals surface area (Å²) in [4.78, 5) is 17.4. The van der Waals surface area contributed by atoms with Crippen LogP contribution >= 0.6 is 0 Å². The van der Waals surface area contributed by atoms with Crippen LogP contribution in [0.3, 0.4) is 0 Å². The van der Waals surface area contributed by atoms with Crippen LogP contribution < -0.4 is 20.5 Å². The standard InChI is InChI=1S/C20H22N8O2S/c1-12(13-4-5-17-22-6-7-28(17)11-13)25-19-18(21)23-10-16(26-19)14-8-15(27-31(3)29)20(30-2)24-9-14/h4-12,27H,1-3H3,(H2,21,23)(H,25,26). The molecule has 2 atom stereocenters. The van der Waals surface area contributed by atoms with E-state index in [-0.39, 0.29) is 11.9 Å². The van der Waals surface area contributed by atoms with E-state index in [9.17, 15) is 4.55 Å². The number of fused-ring (bicyclic) bond motifs is 1. The highest BCUT2D eigenvalue weighted by Gasteiger charge is 2.15. The number of nitrogens with zero attached hydrogens (tertiary/aromatic N) is 5. The minimum Gasteiger partial charge on any atom is -0.593 e. The largest absolute Gasteiger partial charge is 0.593 e. The van der Waals surface area contributed by atoms with Gasteiger partial charge in [0.15, 0.2) is 11.6 Å². The summed E-state index contributed by atoms with van der Waals surface area (Å²) in [6, 6.07) is 5.64. The molecule has 4 aromatic rings. The molecule has 4 heterocycles. The minimum absolute atomic E-state index is 0.0765. The van der Waals surface area contributed by atoms with Gasteiger partial charge in [0, 0.05) is 30.4 Å². The topological polar surface area (TPSA) is 138 Å². The lowest BCUT2D eigenvalue weighted by Gasteiger charge is -2.17. The van der Waals surface area contributed by atoms with Crippen LogP contribution in [0.2, 0.25) is 0 Å². The number of rotatable bonds is 7. The fourth-order valence-electron chi connectivity index (χ4n) is 3.11. The fraction of sp³-hybridized carbons (Fsp3) is 0.200. The second kappa shape index (κ2) is 8.66. The third-order valence-corrected chi connectivity index (χ3v) is 5.17. The van der Waals surface area contributed by atoms with Gasteiger partial charge in [-0.25, -0.2) is 24.7 Å². The van der Waals surface area contributed by atoms with Gasteiger partial charge in [-0.05, 0) is 24.6 Å². The number of hydrogen-bond acceptors (Lipinski definition) is 9. The van der Waals surface area contributed by atoms with Crippen molar-refractivity contribution < 1.29 is 9.29 Å². The van der Waals surface area contributed by atoms with Crippen LogP contribution in [-0.4, -0.2) is 42.3 Å². The smallest absolute Gasteiger partial charge is 0.241 e. The maximum atomic E-state index is 11.6. The van der Waals surface area contributed by atoms with E-state index in [2.05, 4.69) is 30.0 Å². The highest BCUT2D eigenvalue weighted by atomic mass is 32.2. The number of hydrogen-bond donors (Lipinski definition) is 3. The molecule has 4 aromatic heterocycles. The van der Waals surface area contributed by atoms with Crippen LogP contribution in [0.4, 0.5) is 17.3 Å². The molecule has 0 aliphatic rings.